The highest BCUT2D eigenvalue weighted by Gasteiger charge is 2.10. The van der Waals surface area contributed by atoms with Crippen LogP contribution in [0.2, 0.25) is 0 Å². The molecule has 2 aromatic rings. The summed E-state index contributed by atoms with van der Waals surface area (Å²) in [6.45, 7) is 5.34. The van der Waals surface area contributed by atoms with Gasteiger partial charge in [0.1, 0.15) is 5.69 Å². The Balaban J connectivity index is 0.00000220. The van der Waals surface area contributed by atoms with E-state index in [0.29, 0.717) is 12.2 Å². The van der Waals surface area contributed by atoms with Crippen molar-refractivity contribution in [2.24, 2.45) is 0 Å². The maximum absolute atomic E-state index is 12.1. The Morgan fingerprint density at radius 1 is 1.24 bits per heavy atom. The summed E-state index contributed by atoms with van der Waals surface area (Å²) in [4.78, 5) is 13.4. The summed E-state index contributed by atoms with van der Waals surface area (Å²) in [5, 5.41) is 8.27. The molecule has 0 unspecified atom stereocenters. The van der Waals surface area contributed by atoms with E-state index in [1.165, 1.54) is 4.88 Å². The first kappa shape index (κ1) is 17.8. The lowest BCUT2D eigenvalue weighted by Gasteiger charge is -2.09. The van der Waals surface area contributed by atoms with E-state index in [-0.39, 0.29) is 18.3 Å². The van der Waals surface area contributed by atoms with E-state index in [0.717, 1.165) is 26.1 Å². The number of halogens is 1. The lowest BCUT2D eigenvalue weighted by molar-refractivity contribution is 0.0945. The molecule has 0 aliphatic heterocycles. The van der Waals surface area contributed by atoms with Gasteiger partial charge in [-0.2, -0.15) is 0 Å². The van der Waals surface area contributed by atoms with E-state index >= 15 is 0 Å². The van der Waals surface area contributed by atoms with Crippen molar-refractivity contribution in [1.29, 1.82) is 0 Å². The monoisotopic (exact) mass is 327 g/mol. The van der Waals surface area contributed by atoms with Crippen molar-refractivity contribution in [2.75, 3.05) is 19.6 Å². The van der Waals surface area contributed by atoms with E-state index in [2.05, 4.69) is 29.0 Å². The van der Waals surface area contributed by atoms with Crippen LogP contribution in [0.1, 0.15) is 28.7 Å². The zero-order chi connectivity index (χ0) is 14.2. The minimum Gasteiger partial charge on any atom is -0.349 e. The highest BCUT2D eigenvalue weighted by molar-refractivity contribution is 7.09. The van der Waals surface area contributed by atoms with Gasteiger partial charge in [0.05, 0.1) is 6.54 Å². The molecule has 116 valence electrons. The predicted octanol–water partition coefficient (Wildman–Crippen LogP) is 2.75. The second-order valence-electron chi connectivity index (χ2n) is 4.61. The molecule has 1 amide bonds. The maximum atomic E-state index is 12.1. The second-order valence-corrected chi connectivity index (χ2v) is 5.64. The van der Waals surface area contributed by atoms with Crippen LogP contribution >= 0.6 is 23.7 Å². The molecule has 0 fully saturated rings. The van der Waals surface area contributed by atoms with Crippen molar-refractivity contribution >= 4 is 29.7 Å². The van der Waals surface area contributed by atoms with Crippen molar-refractivity contribution in [3.8, 4) is 0 Å². The third-order valence-corrected chi connectivity index (χ3v) is 3.84. The smallest absolute Gasteiger partial charge is 0.267 e. The van der Waals surface area contributed by atoms with Crippen molar-refractivity contribution in [3.63, 3.8) is 0 Å². The minimum atomic E-state index is -0.00939. The Bertz CT molecular complexity index is 525. The average molecular weight is 328 g/mol. The highest BCUT2D eigenvalue weighted by atomic mass is 35.5. The number of nitrogens with zero attached hydrogens (tertiary/aromatic N) is 1. The Hall–Kier alpha value is -1.30. The first-order valence-corrected chi connectivity index (χ1v) is 7.85. The summed E-state index contributed by atoms with van der Waals surface area (Å²) in [6.07, 6.45) is 3.06. The summed E-state index contributed by atoms with van der Waals surface area (Å²) < 4.78 is 1.99. The lowest BCUT2D eigenvalue weighted by Crippen LogP contribution is -2.33. The van der Waals surface area contributed by atoms with E-state index in [9.17, 15) is 4.79 Å². The van der Waals surface area contributed by atoms with Gasteiger partial charge in [-0.05, 0) is 36.5 Å². The van der Waals surface area contributed by atoms with Gasteiger partial charge in [0.25, 0.3) is 5.91 Å². The van der Waals surface area contributed by atoms with Crippen molar-refractivity contribution in [2.45, 2.75) is 19.9 Å². The third kappa shape index (κ3) is 5.53. The van der Waals surface area contributed by atoms with Gasteiger partial charge < -0.3 is 15.2 Å². The summed E-state index contributed by atoms with van der Waals surface area (Å²) in [6, 6.07) is 7.89. The first-order chi connectivity index (χ1) is 9.81. The number of hydrogen-bond donors (Lipinski definition) is 2. The minimum absolute atomic E-state index is 0. The average Bonchev–Trinajstić information content (AvgIpc) is 3.10. The van der Waals surface area contributed by atoms with Crippen LogP contribution in [0.15, 0.2) is 35.8 Å². The quantitative estimate of drug-likeness (QED) is 0.732. The van der Waals surface area contributed by atoms with Gasteiger partial charge in [0, 0.05) is 24.2 Å². The van der Waals surface area contributed by atoms with E-state index < -0.39 is 0 Å². The van der Waals surface area contributed by atoms with Crippen molar-refractivity contribution < 1.29 is 4.79 Å². The summed E-state index contributed by atoms with van der Waals surface area (Å²) in [5.74, 6) is -0.00939. The number of aromatic nitrogens is 1. The standard InChI is InChI=1S/C15H21N3OS.ClH/c1-2-7-16-8-9-17-15(19)14-6-3-10-18(14)12-13-5-4-11-20-13;/h3-6,10-11,16H,2,7-9,12H2,1H3,(H,17,19);1H. The van der Waals surface area contributed by atoms with Gasteiger partial charge in [-0.15, -0.1) is 23.7 Å². The number of hydrogen-bond acceptors (Lipinski definition) is 3. The molecule has 0 spiro atoms. The van der Waals surface area contributed by atoms with Gasteiger partial charge in [0.2, 0.25) is 0 Å². The van der Waals surface area contributed by atoms with Crippen molar-refractivity contribution in [3.05, 3.63) is 46.4 Å². The molecule has 0 atom stereocenters. The van der Waals surface area contributed by atoms with Gasteiger partial charge in [-0.1, -0.05) is 13.0 Å². The van der Waals surface area contributed by atoms with Gasteiger partial charge in [0.15, 0.2) is 0 Å². The molecule has 2 rings (SSSR count). The normalized spacial score (nSPS) is 10.1. The molecule has 21 heavy (non-hydrogen) atoms. The van der Waals surface area contributed by atoms with Crippen LogP contribution in [-0.4, -0.2) is 30.1 Å². The lowest BCUT2D eigenvalue weighted by atomic mass is 10.3. The number of carbonyl (C=O) groups is 1. The highest BCUT2D eigenvalue weighted by Crippen LogP contribution is 2.12. The van der Waals surface area contributed by atoms with Crippen LogP contribution < -0.4 is 10.6 Å². The summed E-state index contributed by atoms with van der Waals surface area (Å²) in [7, 11) is 0. The molecule has 0 radical (unpaired) electrons. The van der Waals surface area contributed by atoms with Crippen molar-refractivity contribution in [1.82, 2.24) is 15.2 Å². The zero-order valence-corrected chi connectivity index (χ0v) is 13.8. The Morgan fingerprint density at radius 3 is 2.81 bits per heavy atom. The molecule has 0 aliphatic carbocycles. The molecule has 4 nitrogen and oxygen atoms in total. The molecule has 6 heteroatoms. The zero-order valence-electron chi connectivity index (χ0n) is 12.2. The van der Waals surface area contributed by atoms with E-state index in [4.69, 9.17) is 0 Å². The molecule has 0 bridgehead atoms. The fraction of sp³-hybridized carbons (Fsp3) is 0.400. The van der Waals surface area contributed by atoms with Crippen LogP contribution in [0.25, 0.3) is 0 Å². The predicted molar refractivity (Wildman–Crippen MR) is 90.6 cm³/mol. The van der Waals surface area contributed by atoms with Crippen LogP contribution in [-0.2, 0) is 6.54 Å². The van der Waals surface area contributed by atoms with Crippen LogP contribution in [0.3, 0.4) is 0 Å². The van der Waals surface area contributed by atoms with Gasteiger partial charge in [-0.3, -0.25) is 4.79 Å². The number of thiophene rings is 1. The molecular weight excluding hydrogens is 306 g/mol. The molecule has 0 aliphatic rings. The Labute approximate surface area is 136 Å². The number of nitrogens with one attached hydrogen (secondary N) is 2. The third-order valence-electron chi connectivity index (χ3n) is 2.98. The largest absolute Gasteiger partial charge is 0.349 e. The topological polar surface area (TPSA) is 46.1 Å². The maximum Gasteiger partial charge on any atom is 0.267 e. The molecule has 0 saturated carbocycles. The molecule has 2 heterocycles. The molecule has 0 saturated heterocycles. The summed E-state index contributed by atoms with van der Waals surface area (Å²) in [5.41, 5.74) is 0.717. The molecular formula is C15H22ClN3OS. The molecule has 0 aromatic carbocycles. The van der Waals surface area contributed by atoms with Crippen LogP contribution in [0.5, 0.6) is 0 Å². The van der Waals surface area contributed by atoms with Gasteiger partial charge >= 0.3 is 0 Å². The Morgan fingerprint density at radius 2 is 2.10 bits per heavy atom. The Kier molecular flexibility index (Phi) is 8.12. The van der Waals surface area contributed by atoms with Crippen LogP contribution in [0, 0.1) is 0 Å². The number of rotatable bonds is 8. The first-order valence-electron chi connectivity index (χ1n) is 6.97. The number of amides is 1. The second kappa shape index (κ2) is 9.60. The molecule has 2 aromatic heterocycles. The van der Waals surface area contributed by atoms with Crippen LogP contribution in [0.4, 0.5) is 0 Å². The van der Waals surface area contributed by atoms with E-state index in [1.54, 1.807) is 11.3 Å². The summed E-state index contributed by atoms with van der Waals surface area (Å²) >= 11 is 1.71. The van der Waals surface area contributed by atoms with E-state index in [1.807, 2.05) is 29.0 Å². The SMILES string of the molecule is CCCNCCNC(=O)c1cccn1Cc1cccs1.Cl. The van der Waals surface area contributed by atoms with Gasteiger partial charge in [-0.25, -0.2) is 0 Å². The number of carbonyl (C=O) groups excluding carboxylic acids is 1. The molecule has 2 N–H and O–H groups in total. The fourth-order valence-corrected chi connectivity index (χ4v) is 2.69. The fourth-order valence-electron chi connectivity index (χ4n) is 1.99.